The van der Waals surface area contributed by atoms with Crippen molar-refractivity contribution in [2.75, 3.05) is 7.11 Å². The third-order valence-corrected chi connectivity index (χ3v) is 4.51. The van der Waals surface area contributed by atoms with Crippen LogP contribution in [-0.2, 0) is 9.53 Å². The number of carbonyl (C=O) groups is 1. The lowest BCUT2D eigenvalue weighted by molar-refractivity contribution is -0.140. The van der Waals surface area contributed by atoms with Crippen LogP contribution in [-0.4, -0.2) is 23.3 Å². The molecule has 24 heavy (non-hydrogen) atoms. The predicted octanol–water partition coefficient (Wildman–Crippen LogP) is 4.05. The first-order valence-corrected chi connectivity index (χ1v) is 8.25. The Morgan fingerprint density at radius 2 is 1.79 bits per heavy atom. The molecule has 1 unspecified atom stereocenters. The summed E-state index contributed by atoms with van der Waals surface area (Å²) in [5.41, 5.74) is 2.82. The van der Waals surface area contributed by atoms with Crippen LogP contribution >= 0.6 is 11.8 Å². The van der Waals surface area contributed by atoms with E-state index in [-0.39, 0.29) is 5.97 Å². The molecule has 1 atom stereocenters. The molecule has 0 amide bonds. The summed E-state index contributed by atoms with van der Waals surface area (Å²) in [5, 5.41) is 7.86. The summed E-state index contributed by atoms with van der Waals surface area (Å²) in [4.78, 5) is 12.1. The van der Waals surface area contributed by atoms with Crippen LogP contribution in [0.1, 0.15) is 16.4 Å². The van der Waals surface area contributed by atoms with Crippen molar-refractivity contribution in [1.82, 2.24) is 10.2 Å². The highest BCUT2D eigenvalue weighted by Crippen LogP contribution is 2.36. The number of hydrogen-bond acceptors (Lipinski definition) is 6. The van der Waals surface area contributed by atoms with E-state index in [9.17, 15) is 4.79 Å². The molecule has 0 saturated heterocycles. The standard InChI is InChI=1S/C18H16N2O3S/c1-12-8-10-14(11-9-12)16-19-20-18(23-16)24-15(17(21)22-2)13-6-4-3-5-7-13/h3-11,15H,1-2H3. The molecule has 122 valence electrons. The van der Waals surface area contributed by atoms with Crippen LogP contribution in [0, 0.1) is 6.92 Å². The molecule has 0 aliphatic rings. The van der Waals surface area contributed by atoms with E-state index in [4.69, 9.17) is 9.15 Å². The SMILES string of the molecule is COC(=O)C(Sc1nnc(-c2ccc(C)cc2)o1)c1ccccc1. The monoisotopic (exact) mass is 340 g/mol. The summed E-state index contributed by atoms with van der Waals surface area (Å²) in [7, 11) is 1.37. The quantitative estimate of drug-likeness (QED) is 0.516. The second-order valence-corrected chi connectivity index (χ2v) is 6.23. The molecule has 3 aromatic rings. The first kappa shape index (κ1) is 16.3. The molecule has 3 rings (SSSR count). The number of thioether (sulfide) groups is 1. The van der Waals surface area contributed by atoms with Gasteiger partial charge >= 0.3 is 5.97 Å². The number of aryl methyl sites for hydroxylation is 1. The largest absolute Gasteiger partial charge is 0.468 e. The van der Waals surface area contributed by atoms with E-state index in [2.05, 4.69) is 10.2 Å². The minimum absolute atomic E-state index is 0.324. The van der Waals surface area contributed by atoms with Gasteiger partial charge in [-0.2, -0.15) is 0 Å². The summed E-state index contributed by atoms with van der Waals surface area (Å²) < 4.78 is 10.6. The highest BCUT2D eigenvalue weighted by Gasteiger charge is 2.25. The zero-order valence-electron chi connectivity index (χ0n) is 13.3. The van der Waals surface area contributed by atoms with Crippen molar-refractivity contribution >= 4 is 17.7 Å². The smallest absolute Gasteiger partial charge is 0.323 e. The highest BCUT2D eigenvalue weighted by molar-refractivity contribution is 8.00. The summed E-state index contributed by atoms with van der Waals surface area (Å²) in [5.74, 6) is 0.0652. The summed E-state index contributed by atoms with van der Waals surface area (Å²) >= 11 is 1.18. The minimum atomic E-state index is -0.553. The fourth-order valence-corrected chi connectivity index (χ4v) is 3.06. The number of methoxy groups -OCH3 is 1. The van der Waals surface area contributed by atoms with Gasteiger partial charge in [0, 0.05) is 5.56 Å². The number of rotatable bonds is 5. The van der Waals surface area contributed by atoms with Gasteiger partial charge < -0.3 is 9.15 Å². The van der Waals surface area contributed by atoms with Gasteiger partial charge in [0.05, 0.1) is 7.11 Å². The van der Waals surface area contributed by atoms with E-state index < -0.39 is 5.25 Å². The number of esters is 1. The van der Waals surface area contributed by atoms with Crippen LogP contribution in [0.3, 0.4) is 0 Å². The van der Waals surface area contributed by atoms with Gasteiger partial charge in [-0.15, -0.1) is 10.2 Å². The van der Waals surface area contributed by atoms with Gasteiger partial charge in [0.15, 0.2) is 0 Å². The third-order valence-electron chi connectivity index (χ3n) is 3.44. The highest BCUT2D eigenvalue weighted by atomic mass is 32.2. The van der Waals surface area contributed by atoms with E-state index in [0.717, 1.165) is 16.7 Å². The maximum absolute atomic E-state index is 12.1. The molecule has 0 aliphatic carbocycles. The molecule has 0 N–H and O–H groups in total. The van der Waals surface area contributed by atoms with Gasteiger partial charge in [-0.05, 0) is 36.4 Å². The molecule has 1 heterocycles. The second kappa shape index (κ2) is 7.31. The van der Waals surface area contributed by atoms with Crippen LogP contribution < -0.4 is 0 Å². The first-order valence-electron chi connectivity index (χ1n) is 7.37. The minimum Gasteiger partial charge on any atom is -0.468 e. The molecule has 0 spiro atoms. The molecule has 5 nitrogen and oxygen atoms in total. The molecule has 0 fully saturated rings. The molecule has 2 aromatic carbocycles. The Labute approximate surface area is 144 Å². The van der Waals surface area contributed by atoms with Gasteiger partial charge in [-0.3, -0.25) is 4.79 Å². The zero-order valence-corrected chi connectivity index (χ0v) is 14.1. The Hall–Kier alpha value is -2.60. The van der Waals surface area contributed by atoms with Gasteiger partial charge in [0.25, 0.3) is 5.22 Å². The van der Waals surface area contributed by atoms with Gasteiger partial charge in [0.1, 0.15) is 5.25 Å². The lowest BCUT2D eigenvalue weighted by atomic mass is 10.1. The zero-order chi connectivity index (χ0) is 16.9. The fourth-order valence-electron chi connectivity index (χ4n) is 2.16. The number of hydrogen-bond donors (Lipinski definition) is 0. The van der Waals surface area contributed by atoms with E-state index in [0.29, 0.717) is 11.1 Å². The lowest BCUT2D eigenvalue weighted by Gasteiger charge is -2.11. The fraction of sp³-hybridized carbons (Fsp3) is 0.167. The number of aromatic nitrogens is 2. The van der Waals surface area contributed by atoms with E-state index >= 15 is 0 Å². The van der Waals surface area contributed by atoms with Crippen molar-refractivity contribution in [3.8, 4) is 11.5 Å². The molecule has 0 bridgehead atoms. The Bertz CT molecular complexity index is 816. The van der Waals surface area contributed by atoms with E-state index in [1.54, 1.807) is 0 Å². The Morgan fingerprint density at radius 1 is 1.08 bits per heavy atom. The van der Waals surface area contributed by atoms with Crippen molar-refractivity contribution in [1.29, 1.82) is 0 Å². The normalized spacial score (nSPS) is 11.9. The number of ether oxygens (including phenoxy) is 1. The molecule has 1 aromatic heterocycles. The van der Waals surface area contributed by atoms with E-state index in [1.807, 2.05) is 61.5 Å². The number of nitrogens with zero attached hydrogens (tertiary/aromatic N) is 2. The molecule has 0 aliphatic heterocycles. The molecule has 0 saturated carbocycles. The Balaban J connectivity index is 1.83. The van der Waals surface area contributed by atoms with E-state index in [1.165, 1.54) is 18.9 Å². The number of carbonyl (C=O) groups excluding carboxylic acids is 1. The lowest BCUT2D eigenvalue weighted by Crippen LogP contribution is -2.11. The molecular formula is C18H16N2O3S. The van der Waals surface area contributed by atoms with Crippen molar-refractivity contribution in [2.45, 2.75) is 17.4 Å². The molecule has 0 radical (unpaired) electrons. The third kappa shape index (κ3) is 3.65. The maximum Gasteiger partial charge on any atom is 0.323 e. The Kier molecular flexibility index (Phi) is 4.96. The maximum atomic E-state index is 12.1. The van der Waals surface area contributed by atoms with Crippen LogP contribution in [0.2, 0.25) is 0 Å². The summed E-state index contributed by atoms with van der Waals surface area (Å²) in [6.07, 6.45) is 0. The van der Waals surface area contributed by atoms with Gasteiger partial charge in [-0.25, -0.2) is 0 Å². The predicted molar refractivity (Wildman–Crippen MR) is 91.5 cm³/mol. The van der Waals surface area contributed by atoms with Crippen molar-refractivity contribution < 1.29 is 13.9 Å². The van der Waals surface area contributed by atoms with Crippen LogP contribution in [0.4, 0.5) is 0 Å². The average molecular weight is 340 g/mol. The van der Waals surface area contributed by atoms with Gasteiger partial charge in [-0.1, -0.05) is 48.0 Å². The first-order chi connectivity index (χ1) is 11.7. The molecular weight excluding hydrogens is 324 g/mol. The molecule has 6 heteroatoms. The van der Waals surface area contributed by atoms with Crippen LogP contribution in [0.5, 0.6) is 0 Å². The van der Waals surface area contributed by atoms with Crippen molar-refractivity contribution in [3.63, 3.8) is 0 Å². The van der Waals surface area contributed by atoms with Crippen molar-refractivity contribution in [2.24, 2.45) is 0 Å². The van der Waals surface area contributed by atoms with Crippen LogP contribution in [0.25, 0.3) is 11.5 Å². The Morgan fingerprint density at radius 3 is 2.46 bits per heavy atom. The van der Waals surface area contributed by atoms with Gasteiger partial charge in [0.2, 0.25) is 5.89 Å². The topological polar surface area (TPSA) is 65.2 Å². The van der Waals surface area contributed by atoms with Crippen LogP contribution in [0.15, 0.2) is 64.2 Å². The summed E-state index contributed by atoms with van der Waals surface area (Å²) in [6, 6.07) is 17.2. The second-order valence-electron chi connectivity index (χ2n) is 5.17. The van der Waals surface area contributed by atoms with Crippen molar-refractivity contribution in [3.05, 3.63) is 65.7 Å². The summed E-state index contributed by atoms with van der Waals surface area (Å²) in [6.45, 7) is 2.01. The number of benzene rings is 2. The average Bonchev–Trinajstić information content (AvgIpc) is 3.09.